The molecule has 0 aliphatic heterocycles. The zero-order valence-electron chi connectivity index (χ0n) is 10.5. The highest BCUT2D eigenvalue weighted by atomic mass is 35.7. The molecule has 0 aromatic carbocycles. The van der Waals surface area contributed by atoms with Gasteiger partial charge in [0.15, 0.2) is 0 Å². The Morgan fingerprint density at radius 3 is 2.39 bits per heavy atom. The molecule has 0 amide bonds. The Hall–Kier alpha value is -0.850. The van der Waals surface area contributed by atoms with E-state index in [1.165, 1.54) is 12.1 Å². The Morgan fingerprint density at radius 1 is 1.28 bits per heavy atom. The smallest absolute Gasteiger partial charge is 0.262 e. The van der Waals surface area contributed by atoms with Gasteiger partial charge in [0, 0.05) is 16.7 Å². The molecule has 1 rings (SSSR count). The van der Waals surface area contributed by atoms with Crippen LogP contribution in [0.5, 0.6) is 5.88 Å². The van der Waals surface area contributed by atoms with Gasteiger partial charge >= 0.3 is 0 Å². The fourth-order valence-corrected chi connectivity index (χ4v) is 1.77. The minimum absolute atomic E-state index is 0.0533. The van der Waals surface area contributed by atoms with Crippen molar-refractivity contribution in [3.63, 3.8) is 0 Å². The zero-order valence-corrected chi connectivity index (χ0v) is 12.1. The molecule has 0 bridgehead atoms. The van der Waals surface area contributed by atoms with Gasteiger partial charge in [0.25, 0.3) is 9.05 Å². The van der Waals surface area contributed by atoms with Crippen molar-refractivity contribution in [2.45, 2.75) is 31.3 Å². The summed E-state index contributed by atoms with van der Waals surface area (Å²) in [7, 11) is 1.42. The topological polar surface area (TPSA) is 65.5 Å². The number of ether oxygens (including phenoxy) is 2. The summed E-state index contributed by atoms with van der Waals surface area (Å²) in [5, 5.41) is 0. The second-order valence-corrected chi connectivity index (χ2v) is 7.15. The van der Waals surface area contributed by atoms with Crippen LogP contribution in [0.4, 0.5) is 0 Å². The van der Waals surface area contributed by atoms with Crippen molar-refractivity contribution in [2.75, 3.05) is 13.2 Å². The SMILES string of the molecule is CC(C)(C)OCCOc1ccc(S(=O)(=O)Cl)cn1. The lowest BCUT2D eigenvalue weighted by Crippen LogP contribution is -2.22. The molecule has 102 valence electrons. The molecule has 0 fully saturated rings. The van der Waals surface area contributed by atoms with Crippen LogP contribution in [-0.4, -0.2) is 32.2 Å². The molecule has 0 aliphatic carbocycles. The summed E-state index contributed by atoms with van der Waals surface area (Å²) < 4.78 is 32.7. The van der Waals surface area contributed by atoms with E-state index >= 15 is 0 Å². The first-order valence-corrected chi connectivity index (χ1v) is 7.67. The second-order valence-electron chi connectivity index (χ2n) is 4.58. The summed E-state index contributed by atoms with van der Waals surface area (Å²) in [4.78, 5) is 3.78. The van der Waals surface area contributed by atoms with Crippen molar-refractivity contribution in [2.24, 2.45) is 0 Å². The van der Waals surface area contributed by atoms with Gasteiger partial charge in [-0.3, -0.25) is 0 Å². The number of pyridine rings is 1. The summed E-state index contributed by atoms with van der Waals surface area (Å²) in [6.45, 7) is 6.63. The molecule has 1 aromatic rings. The Balaban J connectivity index is 2.45. The fraction of sp³-hybridized carbons (Fsp3) is 0.545. The quantitative estimate of drug-likeness (QED) is 0.615. The van der Waals surface area contributed by atoms with Gasteiger partial charge in [0.1, 0.15) is 11.5 Å². The van der Waals surface area contributed by atoms with Crippen LogP contribution >= 0.6 is 10.7 Å². The third-order valence-electron chi connectivity index (χ3n) is 1.86. The number of aromatic nitrogens is 1. The number of halogens is 1. The lowest BCUT2D eigenvalue weighted by atomic mass is 10.2. The normalized spacial score (nSPS) is 12.4. The number of hydrogen-bond acceptors (Lipinski definition) is 5. The molecule has 0 saturated carbocycles. The van der Waals surface area contributed by atoms with Crippen LogP contribution in [0, 0.1) is 0 Å². The maximum Gasteiger partial charge on any atom is 0.262 e. The summed E-state index contributed by atoms with van der Waals surface area (Å²) in [5.41, 5.74) is -0.215. The van der Waals surface area contributed by atoms with E-state index in [0.29, 0.717) is 19.1 Å². The van der Waals surface area contributed by atoms with Crippen LogP contribution in [0.25, 0.3) is 0 Å². The van der Waals surface area contributed by atoms with E-state index in [-0.39, 0.29) is 10.5 Å². The lowest BCUT2D eigenvalue weighted by molar-refractivity contribution is -0.0168. The summed E-state index contributed by atoms with van der Waals surface area (Å²) in [6.07, 6.45) is 1.16. The molecule has 0 N–H and O–H groups in total. The monoisotopic (exact) mass is 293 g/mol. The molecule has 0 radical (unpaired) electrons. The largest absolute Gasteiger partial charge is 0.475 e. The van der Waals surface area contributed by atoms with E-state index in [0.717, 1.165) is 6.20 Å². The second kappa shape index (κ2) is 5.86. The van der Waals surface area contributed by atoms with E-state index in [1.54, 1.807) is 0 Å². The molecule has 0 aliphatic rings. The molecule has 5 nitrogen and oxygen atoms in total. The maximum absolute atomic E-state index is 11.0. The maximum atomic E-state index is 11.0. The lowest BCUT2D eigenvalue weighted by Gasteiger charge is -2.19. The molecule has 1 aromatic heterocycles. The first-order valence-electron chi connectivity index (χ1n) is 5.36. The minimum Gasteiger partial charge on any atom is -0.475 e. The van der Waals surface area contributed by atoms with Crippen molar-refractivity contribution in [1.82, 2.24) is 4.98 Å². The van der Waals surface area contributed by atoms with Gasteiger partial charge in [0.2, 0.25) is 5.88 Å². The predicted molar refractivity (Wildman–Crippen MR) is 68.5 cm³/mol. The van der Waals surface area contributed by atoms with E-state index < -0.39 is 9.05 Å². The predicted octanol–water partition coefficient (Wildman–Crippen LogP) is 2.20. The van der Waals surface area contributed by atoms with Crippen molar-refractivity contribution in [1.29, 1.82) is 0 Å². The number of rotatable bonds is 5. The van der Waals surface area contributed by atoms with E-state index in [1.807, 2.05) is 20.8 Å². The molecule has 7 heteroatoms. The highest BCUT2D eigenvalue weighted by Crippen LogP contribution is 2.16. The van der Waals surface area contributed by atoms with Gasteiger partial charge in [-0.05, 0) is 26.8 Å². The minimum atomic E-state index is -3.73. The van der Waals surface area contributed by atoms with E-state index in [2.05, 4.69) is 4.98 Å². The number of nitrogens with zero attached hydrogens (tertiary/aromatic N) is 1. The van der Waals surface area contributed by atoms with E-state index in [4.69, 9.17) is 20.2 Å². The third-order valence-corrected chi connectivity index (χ3v) is 3.20. The molecule has 0 spiro atoms. The molecule has 0 unspecified atom stereocenters. The van der Waals surface area contributed by atoms with Gasteiger partial charge in [-0.1, -0.05) is 0 Å². The standard InChI is InChI=1S/C11H16ClNO4S/c1-11(2,3)17-7-6-16-10-5-4-9(8-13-10)18(12,14)15/h4-5,8H,6-7H2,1-3H3. The molecular formula is C11H16ClNO4S. The average molecular weight is 294 g/mol. The van der Waals surface area contributed by atoms with Gasteiger partial charge in [-0.15, -0.1) is 0 Å². The van der Waals surface area contributed by atoms with Crippen molar-refractivity contribution in [3.8, 4) is 5.88 Å². The molecular weight excluding hydrogens is 278 g/mol. The first kappa shape index (κ1) is 15.2. The van der Waals surface area contributed by atoms with Gasteiger partial charge in [-0.25, -0.2) is 13.4 Å². The van der Waals surface area contributed by atoms with Gasteiger partial charge in [-0.2, -0.15) is 0 Å². The Kier molecular flexibility index (Phi) is 4.95. The van der Waals surface area contributed by atoms with Crippen LogP contribution in [0.2, 0.25) is 0 Å². The first-order chi connectivity index (χ1) is 8.18. The van der Waals surface area contributed by atoms with Gasteiger partial charge < -0.3 is 9.47 Å². The van der Waals surface area contributed by atoms with Crippen molar-refractivity contribution >= 4 is 19.7 Å². The molecule has 1 heterocycles. The molecule has 0 atom stereocenters. The molecule has 18 heavy (non-hydrogen) atoms. The summed E-state index contributed by atoms with van der Waals surface area (Å²) in [6, 6.07) is 2.79. The van der Waals surface area contributed by atoms with Crippen LogP contribution in [0.15, 0.2) is 23.2 Å². The Labute approximate surface area is 112 Å². The summed E-state index contributed by atoms with van der Waals surface area (Å²) in [5.74, 6) is 0.330. The summed E-state index contributed by atoms with van der Waals surface area (Å²) >= 11 is 0. The van der Waals surface area contributed by atoms with Crippen LogP contribution in [0.1, 0.15) is 20.8 Å². The third kappa shape index (κ3) is 5.66. The Morgan fingerprint density at radius 2 is 1.94 bits per heavy atom. The zero-order chi connectivity index (χ0) is 13.8. The van der Waals surface area contributed by atoms with Crippen LogP contribution in [0.3, 0.4) is 0 Å². The average Bonchev–Trinajstić information content (AvgIpc) is 2.22. The highest BCUT2D eigenvalue weighted by molar-refractivity contribution is 8.13. The van der Waals surface area contributed by atoms with Crippen LogP contribution in [-0.2, 0) is 13.8 Å². The highest BCUT2D eigenvalue weighted by Gasteiger charge is 2.11. The molecule has 0 saturated heterocycles. The van der Waals surface area contributed by atoms with E-state index in [9.17, 15) is 8.42 Å². The number of hydrogen-bond donors (Lipinski definition) is 0. The van der Waals surface area contributed by atoms with Crippen LogP contribution < -0.4 is 4.74 Å². The van der Waals surface area contributed by atoms with Crippen molar-refractivity contribution < 1.29 is 17.9 Å². The van der Waals surface area contributed by atoms with Gasteiger partial charge in [0.05, 0.1) is 18.4 Å². The fourth-order valence-electron chi connectivity index (χ4n) is 1.09. The van der Waals surface area contributed by atoms with Crippen molar-refractivity contribution in [3.05, 3.63) is 18.3 Å². The Bertz CT molecular complexity index is 479.